The van der Waals surface area contributed by atoms with Crippen molar-refractivity contribution in [2.45, 2.75) is 26.2 Å². The van der Waals surface area contributed by atoms with Crippen LogP contribution in [-0.4, -0.2) is 10.2 Å². The first-order valence-corrected chi connectivity index (χ1v) is 8.60. The second kappa shape index (κ2) is 7.05. The van der Waals surface area contributed by atoms with Gasteiger partial charge in [0.1, 0.15) is 0 Å². The van der Waals surface area contributed by atoms with E-state index in [4.69, 9.17) is 46.4 Å². The number of phenolic OH excluding ortho intramolecular Hbond substituents is 2. The molecule has 0 atom stereocenters. The summed E-state index contributed by atoms with van der Waals surface area (Å²) < 4.78 is 0. The summed E-state index contributed by atoms with van der Waals surface area (Å²) in [6.45, 7) is 5.92. The molecule has 0 spiro atoms. The van der Waals surface area contributed by atoms with Crippen molar-refractivity contribution in [1.82, 2.24) is 0 Å². The molecule has 24 heavy (non-hydrogen) atoms. The molecule has 0 aliphatic rings. The highest BCUT2D eigenvalue weighted by molar-refractivity contribution is 6.37. The molecule has 0 heterocycles. The third kappa shape index (κ3) is 3.94. The molecule has 0 unspecified atom stereocenters. The van der Waals surface area contributed by atoms with Crippen molar-refractivity contribution in [2.75, 3.05) is 0 Å². The minimum atomic E-state index is -0.415. The number of aromatic hydroxyl groups is 2. The summed E-state index contributed by atoms with van der Waals surface area (Å²) >= 11 is 24.0. The van der Waals surface area contributed by atoms with Crippen molar-refractivity contribution in [3.63, 3.8) is 0 Å². The van der Waals surface area contributed by atoms with Crippen LogP contribution in [0.25, 0.3) is 5.57 Å². The predicted molar refractivity (Wildman–Crippen MR) is 103 cm³/mol. The van der Waals surface area contributed by atoms with Crippen LogP contribution in [0.5, 0.6) is 11.5 Å². The Balaban J connectivity index is 2.48. The first kappa shape index (κ1) is 19.3. The topological polar surface area (TPSA) is 40.5 Å². The molecule has 0 amide bonds. The average molecular weight is 406 g/mol. The van der Waals surface area contributed by atoms with Crippen LogP contribution in [0.2, 0.25) is 20.1 Å². The molecular formula is C18H16Cl4O2. The molecule has 0 aromatic heterocycles. The van der Waals surface area contributed by atoms with Crippen molar-refractivity contribution in [2.24, 2.45) is 0 Å². The molecule has 0 fully saturated rings. The minimum Gasteiger partial charge on any atom is -0.505 e. The summed E-state index contributed by atoms with van der Waals surface area (Å²) in [5, 5.41) is 20.2. The molecule has 2 aromatic carbocycles. The lowest BCUT2D eigenvalue weighted by atomic mass is 9.82. The van der Waals surface area contributed by atoms with Gasteiger partial charge < -0.3 is 10.2 Å². The number of benzene rings is 2. The van der Waals surface area contributed by atoms with Crippen LogP contribution in [0.15, 0.2) is 30.3 Å². The van der Waals surface area contributed by atoms with E-state index in [2.05, 4.69) is 0 Å². The molecular weight excluding hydrogens is 390 g/mol. The molecule has 2 rings (SSSR count). The molecule has 0 bridgehead atoms. The largest absolute Gasteiger partial charge is 0.505 e. The smallest absolute Gasteiger partial charge is 0.152 e. The molecule has 128 valence electrons. The third-order valence-corrected chi connectivity index (χ3v) is 4.96. The number of rotatable bonds is 3. The van der Waals surface area contributed by atoms with Crippen LogP contribution in [-0.2, 0) is 5.41 Å². The molecule has 2 N–H and O–H groups in total. The van der Waals surface area contributed by atoms with Gasteiger partial charge in [-0.2, -0.15) is 0 Å². The van der Waals surface area contributed by atoms with E-state index in [1.807, 2.05) is 26.8 Å². The maximum absolute atomic E-state index is 9.71. The van der Waals surface area contributed by atoms with Crippen molar-refractivity contribution in [3.8, 4) is 11.5 Å². The summed E-state index contributed by atoms with van der Waals surface area (Å²) in [6.07, 6.45) is 2.02. The van der Waals surface area contributed by atoms with Gasteiger partial charge in [0.05, 0.1) is 20.1 Å². The van der Waals surface area contributed by atoms with E-state index < -0.39 is 5.41 Å². The highest BCUT2D eigenvalue weighted by Crippen LogP contribution is 2.39. The molecule has 0 saturated carbocycles. The fourth-order valence-corrected chi connectivity index (χ4v) is 3.41. The molecule has 6 heteroatoms. The lowest BCUT2D eigenvalue weighted by Crippen LogP contribution is -2.14. The summed E-state index contributed by atoms with van der Waals surface area (Å²) in [5.41, 5.74) is 2.16. The van der Waals surface area contributed by atoms with E-state index in [9.17, 15) is 10.2 Å². The van der Waals surface area contributed by atoms with E-state index in [0.29, 0.717) is 0 Å². The van der Waals surface area contributed by atoms with Crippen LogP contribution < -0.4 is 0 Å². The van der Waals surface area contributed by atoms with E-state index in [1.54, 1.807) is 24.3 Å². The van der Waals surface area contributed by atoms with E-state index >= 15 is 0 Å². The Kier molecular flexibility index (Phi) is 5.66. The Morgan fingerprint density at radius 2 is 1.21 bits per heavy atom. The van der Waals surface area contributed by atoms with Gasteiger partial charge in [-0.15, -0.1) is 0 Å². The number of phenols is 2. The second-order valence-corrected chi connectivity index (χ2v) is 7.75. The van der Waals surface area contributed by atoms with Crippen molar-refractivity contribution < 1.29 is 10.2 Å². The van der Waals surface area contributed by atoms with Crippen molar-refractivity contribution in [3.05, 3.63) is 61.6 Å². The van der Waals surface area contributed by atoms with Gasteiger partial charge in [0, 0.05) is 5.41 Å². The lowest BCUT2D eigenvalue weighted by Gasteiger charge is -2.23. The minimum absolute atomic E-state index is 0.129. The molecule has 2 aromatic rings. The zero-order chi connectivity index (χ0) is 18.2. The van der Waals surface area contributed by atoms with Crippen molar-refractivity contribution in [1.29, 1.82) is 0 Å². The fourth-order valence-electron chi connectivity index (χ4n) is 2.44. The SMILES string of the molecule is CC(=CC(C)(C)c1cc(Cl)c(O)c(Cl)c1)c1cc(Cl)c(O)c(Cl)c1. The van der Waals surface area contributed by atoms with Gasteiger partial charge in [-0.05, 0) is 47.9 Å². The molecule has 0 aliphatic carbocycles. The van der Waals surface area contributed by atoms with Gasteiger partial charge in [-0.3, -0.25) is 0 Å². The first-order valence-electron chi connectivity index (χ1n) is 7.09. The van der Waals surface area contributed by atoms with Crippen LogP contribution in [0.4, 0.5) is 0 Å². The standard InChI is InChI=1S/C18H16Cl4O2/c1-9(10-4-12(19)16(23)13(20)5-10)8-18(2,3)11-6-14(21)17(24)15(22)7-11/h4-8,23-24H,1-3H3. The number of hydrogen-bond donors (Lipinski definition) is 2. The monoisotopic (exact) mass is 404 g/mol. The number of halogens is 4. The predicted octanol–water partition coefficient (Wildman–Crippen LogP) is 7.09. The summed E-state index contributed by atoms with van der Waals surface area (Å²) in [7, 11) is 0. The van der Waals surface area contributed by atoms with Gasteiger partial charge >= 0.3 is 0 Å². The zero-order valence-corrected chi connectivity index (χ0v) is 16.3. The third-order valence-electron chi connectivity index (χ3n) is 3.81. The Hall–Kier alpha value is -1.06. The Morgan fingerprint density at radius 1 is 0.833 bits per heavy atom. The Bertz CT molecular complexity index is 780. The van der Waals surface area contributed by atoms with Gasteiger partial charge in [-0.1, -0.05) is 66.3 Å². The normalized spacial score (nSPS) is 12.5. The number of allylic oxidation sites excluding steroid dienone is 2. The van der Waals surface area contributed by atoms with Crippen LogP contribution in [0.3, 0.4) is 0 Å². The van der Waals surface area contributed by atoms with Gasteiger partial charge in [0.25, 0.3) is 0 Å². The van der Waals surface area contributed by atoms with E-state index in [-0.39, 0.29) is 31.6 Å². The number of hydrogen-bond acceptors (Lipinski definition) is 2. The molecule has 0 radical (unpaired) electrons. The van der Waals surface area contributed by atoms with E-state index in [0.717, 1.165) is 16.7 Å². The summed E-state index contributed by atoms with van der Waals surface area (Å²) in [4.78, 5) is 0. The first-order chi connectivity index (χ1) is 11.0. The molecule has 0 saturated heterocycles. The zero-order valence-electron chi connectivity index (χ0n) is 13.3. The highest BCUT2D eigenvalue weighted by Gasteiger charge is 2.21. The van der Waals surface area contributed by atoms with Gasteiger partial charge in [0.15, 0.2) is 11.5 Å². The van der Waals surface area contributed by atoms with Gasteiger partial charge in [-0.25, -0.2) is 0 Å². The molecule has 2 nitrogen and oxygen atoms in total. The Morgan fingerprint density at radius 3 is 1.62 bits per heavy atom. The highest BCUT2D eigenvalue weighted by atomic mass is 35.5. The summed E-state index contributed by atoms with van der Waals surface area (Å²) in [5.74, 6) is -0.262. The van der Waals surface area contributed by atoms with Crippen LogP contribution in [0.1, 0.15) is 31.9 Å². The molecule has 0 aliphatic heterocycles. The fraction of sp³-hybridized carbons (Fsp3) is 0.222. The Labute approximate surface area is 161 Å². The van der Waals surface area contributed by atoms with E-state index in [1.165, 1.54) is 0 Å². The maximum Gasteiger partial charge on any atom is 0.152 e. The van der Waals surface area contributed by atoms with Gasteiger partial charge in [0.2, 0.25) is 0 Å². The lowest BCUT2D eigenvalue weighted by molar-refractivity contribution is 0.475. The van der Waals surface area contributed by atoms with Crippen LogP contribution >= 0.6 is 46.4 Å². The maximum atomic E-state index is 9.71. The second-order valence-electron chi connectivity index (χ2n) is 6.13. The quantitative estimate of drug-likeness (QED) is 0.571. The van der Waals surface area contributed by atoms with Crippen molar-refractivity contribution >= 4 is 52.0 Å². The summed E-state index contributed by atoms with van der Waals surface area (Å²) in [6, 6.07) is 6.68. The van der Waals surface area contributed by atoms with Crippen LogP contribution in [0, 0.1) is 0 Å². The average Bonchev–Trinajstić information content (AvgIpc) is 2.48.